The molecule has 2 aromatic carbocycles. The molecule has 2 aromatic rings. The minimum absolute atomic E-state index is 0.245. The van der Waals surface area contributed by atoms with Gasteiger partial charge in [0.15, 0.2) is 0 Å². The van der Waals surface area contributed by atoms with Gasteiger partial charge in [0.25, 0.3) is 0 Å². The predicted octanol–water partition coefficient (Wildman–Crippen LogP) is 8.05. The topological polar surface area (TPSA) is 64.6 Å². The zero-order valence-corrected chi connectivity index (χ0v) is 23.1. The van der Waals surface area contributed by atoms with Crippen molar-refractivity contribution in [2.75, 3.05) is 19.8 Å². The normalized spacial score (nSPS) is 15.6. The molecule has 0 spiro atoms. The van der Waals surface area contributed by atoms with E-state index < -0.39 is 30.8 Å². The van der Waals surface area contributed by atoms with E-state index in [0.29, 0.717) is 47.2 Å². The van der Waals surface area contributed by atoms with Crippen molar-refractivity contribution in [3.8, 4) is 11.1 Å². The third-order valence-corrected chi connectivity index (χ3v) is 8.67. The Hall–Kier alpha value is -2.34. The number of amides is 1. The first-order valence-corrected chi connectivity index (χ1v) is 14.8. The van der Waals surface area contributed by atoms with Crippen molar-refractivity contribution in [3.05, 3.63) is 70.8 Å². The van der Waals surface area contributed by atoms with Crippen LogP contribution >= 0.6 is 7.60 Å². The number of carbonyl (C=O) groups excluding carboxylic acids is 1. The molecule has 1 aliphatic carbocycles. The Morgan fingerprint density at radius 1 is 1.00 bits per heavy atom. The minimum Gasteiger partial charge on any atom is -0.355 e. The third-order valence-electron chi connectivity index (χ3n) is 6.45. The van der Waals surface area contributed by atoms with Gasteiger partial charge in [0.1, 0.15) is 17.3 Å². The van der Waals surface area contributed by atoms with E-state index in [9.17, 15) is 13.8 Å². The fourth-order valence-electron chi connectivity index (χ4n) is 4.65. The van der Waals surface area contributed by atoms with Gasteiger partial charge in [-0.05, 0) is 78.3 Å². The van der Waals surface area contributed by atoms with Crippen molar-refractivity contribution in [1.29, 1.82) is 0 Å². The Morgan fingerprint density at radius 2 is 1.65 bits per heavy atom. The van der Waals surface area contributed by atoms with Gasteiger partial charge in [0.2, 0.25) is 5.91 Å². The molecular formula is C29H38F2NO4P. The highest BCUT2D eigenvalue weighted by Crippen LogP contribution is 2.64. The average molecular weight is 534 g/mol. The van der Waals surface area contributed by atoms with Crippen molar-refractivity contribution in [3.63, 3.8) is 0 Å². The van der Waals surface area contributed by atoms with Crippen LogP contribution in [-0.2, 0) is 18.4 Å². The molecule has 2 atom stereocenters. The summed E-state index contributed by atoms with van der Waals surface area (Å²) in [6.45, 7) is 8.68. The van der Waals surface area contributed by atoms with Crippen LogP contribution in [0.4, 0.5) is 8.78 Å². The van der Waals surface area contributed by atoms with Gasteiger partial charge in [-0.2, -0.15) is 0 Å². The molecule has 5 nitrogen and oxygen atoms in total. The molecule has 3 rings (SSSR count). The van der Waals surface area contributed by atoms with Gasteiger partial charge >= 0.3 is 7.60 Å². The first-order valence-electron chi connectivity index (χ1n) is 13.2. The van der Waals surface area contributed by atoms with Gasteiger partial charge in [-0.3, -0.25) is 9.36 Å². The Balaban J connectivity index is 2.23. The molecule has 1 amide bonds. The summed E-state index contributed by atoms with van der Waals surface area (Å²) in [5.41, 5.74) is 1.59. The fraction of sp³-hybridized carbons (Fsp3) is 0.483. The Kier molecular flexibility index (Phi) is 10.6. The summed E-state index contributed by atoms with van der Waals surface area (Å²) in [6, 6.07) is 6.91. The molecule has 1 aliphatic rings. The molecular weight excluding hydrogens is 495 g/mol. The lowest BCUT2D eigenvalue weighted by atomic mass is 9.93. The summed E-state index contributed by atoms with van der Waals surface area (Å²) in [6.07, 6.45) is 7.29. The highest BCUT2D eigenvalue weighted by Gasteiger charge is 2.42. The zero-order chi connectivity index (χ0) is 27.0. The summed E-state index contributed by atoms with van der Waals surface area (Å²) in [4.78, 5) is 13.2. The summed E-state index contributed by atoms with van der Waals surface area (Å²) < 4.78 is 55.8. The third kappa shape index (κ3) is 6.57. The van der Waals surface area contributed by atoms with E-state index in [1.165, 1.54) is 24.3 Å². The zero-order valence-electron chi connectivity index (χ0n) is 22.2. The second kappa shape index (κ2) is 13.5. The van der Waals surface area contributed by atoms with Gasteiger partial charge in [-0.1, -0.05) is 51.8 Å². The van der Waals surface area contributed by atoms with Crippen LogP contribution in [-0.4, -0.2) is 25.7 Å². The number of carbonyl (C=O) groups is 1. The van der Waals surface area contributed by atoms with E-state index in [1.807, 2.05) is 20.8 Å². The number of nitrogens with one attached hydrogen (secondary N) is 1. The van der Waals surface area contributed by atoms with E-state index >= 15 is 4.39 Å². The molecule has 0 aromatic heterocycles. The smallest absolute Gasteiger partial charge is 0.341 e. The standard InChI is InChI=1S/C29H38F2NO4P/c1-5-9-15-35-37(34,36-16-10-6-2)26(11-7-3)24-18-21(31)19-25-27(24)22-13-12-20(30)17-23(22)28(25)29(33)32-14-8-4/h7,11-13,17-19,26,28H,5-6,8-10,14-16H2,1-4H3,(H,32,33)/b11-7+. The lowest BCUT2D eigenvalue weighted by Crippen LogP contribution is -2.29. The first kappa shape index (κ1) is 29.2. The van der Waals surface area contributed by atoms with Gasteiger partial charge < -0.3 is 14.4 Å². The molecule has 0 saturated heterocycles. The van der Waals surface area contributed by atoms with E-state index in [2.05, 4.69) is 5.32 Å². The highest BCUT2D eigenvalue weighted by molar-refractivity contribution is 7.54. The number of allylic oxidation sites excluding steroid dienone is 2. The lowest BCUT2D eigenvalue weighted by Gasteiger charge is -2.27. The van der Waals surface area contributed by atoms with Gasteiger partial charge in [0, 0.05) is 6.54 Å². The number of rotatable bonds is 14. The van der Waals surface area contributed by atoms with Crippen molar-refractivity contribution in [1.82, 2.24) is 5.32 Å². The summed E-state index contributed by atoms with van der Waals surface area (Å²) in [5.74, 6) is -2.26. The van der Waals surface area contributed by atoms with Crippen LogP contribution in [0.25, 0.3) is 11.1 Å². The maximum atomic E-state index is 15.2. The molecule has 0 bridgehead atoms. The van der Waals surface area contributed by atoms with Crippen LogP contribution in [0.2, 0.25) is 0 Å². The van der Waals surface area contributed by atoms with E-state index in [-0.39, 0.29) is 19.1 Å². The average Bonchev–Trinajstić information content (AvgIpc) is 3.18. The monoisotopic (exact) mass is 533 g/mol. The highest BCUT2D eigenvalue weighted by atomic mass is 31.2. The molecule has 0 radical (unpaired) electrons. The maximum absolute atomic E-state index is 15.2. The van der Waals surface area contributed by atoms with E-state index in [0.717, 1.165) is 19.3 Å². The quantitative estimate of drug-likeness (QED) is 0.152. The number of benzene rings is 2. The molecule has 0 aliphatic heterocycles. The van der Waals surface area contributed by atoms with Crippen molar-refractivity contribution in [2.45, 2.75) is 71.4 Å². The number of hydrogen-bond donors (Lipinski definition) is 1. The second-order valence-corrected chi connectivity index (χ2v) is 11.5. The molecule has 37 heavy (non-hydrogen) atoms. The van der Waals surface area contributed by atoms with Crippen LogP contribution in [0.15, 0.2) is 42.5 Å². The van der Waals surface area contributed by atoms with Gasteiger partial charge in [-0.15, -0.1) is 0 Å². The Bertz CT molecular complexity index is 1150. The number of hydrogen-bond acceptors (Lipinski definition) is 4. The number of halogens is 2. The minimum atomic E-state index is -3.79. The van der Waals surface area contributed by atoms with Crippen molar-refractivity contribution >= 4 is 13.5 Å². The Morgan fingerprint density at radius 3 is 2.24 bits per heavy atom. The van der Waals surface area contributed by atoms with Crippen molar-refractivity contribution in [2.24, 2.45) is 0 Å². The van der Waals surface area contributed by atoms with Crippen LogP contribution in [0.1, 0.15) is 88.1 Å². The SMILES string of the molecule is C/C=C/C(c1cc(F)cc2c1-c1ccc(F)cc1C2C(=O)NCCC)P(=O)(OCCCC)OCCCC. The van der Waals surface area contributed by atoms with Crippen molar-refractivity contribution < 1.29 is 27.2 Å². The fourth-order valence-corrected chi connectivity index (χ4v) is 6.74. The first-order chi connectivity index (χ1) is 17.8. The van der Waals surface area contributed by atoms with Crippen LogP contribution in [0.5, 0.6) is 0 Å². The van der Waals surface area contributed by atoms with Gasteiger partial charge in [-0.25, -0.2) is 8.78 Å². The Labute approximate surface area is 219 Å². The summed E-state index contributed by atoms with van der Waals surface area (Å²) in [5, 5.41) is 2.87. The second-order valence-electron chi connectivity index (χ2n) is 9.30. The molecule has 0 fully saturated rings. The molecule has 8 heteroatoms. The summed E-state index contributed by atoms with van der Waals surface area (Å²) in [7, 11) is -3.79. The number of fused-ring (bicyclic) bond motifs is 3. The van der Waals surface area contributed by atoms with Gasteiger partial charge in [0.05, 0.1) is 19.1 Å². The molecule has 2 unspecified atom stereocenters. The maximum Gasteiger partial charge on any atom is 0.341 e. The van der Waals surface area contributed by atoms with Crippen LogP contribution < -0.4 is 5.32 Å². The lowest BCUT2D eigenvalue weighted by molar-refractivity contribution is -0.121. The molecule has 0 saturated carbocycles. The van der Waals surface area contributed by atoms with Crippen LogP contribution in [0.3, 0.4) is 0 Å². The molecule has 1 N–H and O–H groups in total. The predicted molar refractivity (Wildman–Crippen MR) is 144 cm³/mol. The van der Waals surface area contributed by atoms with E-state index in [4.69, 9.17) is 9.05 Å². The molecule has 0 heterocycles. The molecule has 202 valence electrons. The largest absolute Gasteiger partial charge is 0.355 e. The van der Waals surface area contributed by atoms with Crippen LogP contribution in [0, 0.1) is 11.6 Å². The summed E-state index contributed by atoms with van der Waals surface area (Å²) >= 11 is 0. The number of unbranched alkanes of at least 4 members (excludes halogenated alkanes) is 2. The van der Waals surface area contributed by atoms with E-state index in [1.54, 1.807) is 25.1 Å².